The Kier molecular flexibility index (Phi) is 4.87. The van der Waals surface area contributed by atoms with Crippen molar-refractivity contribution in [2.45, 2.75) is 29.7 Å². The van der Waals surface area contributed by atoms with Gasteiger partial charge in [-0.3, -0.25) is 9.69 Å². The van der Waals surface area contributed by atoms with Crippen LogP contribution in [-0.4, -0.2) is 74.2 Å². The van der Waals surface area contributed by atoms with E-state index in [1.807, 2.05) is 7.05 Å². The van der Waals surface area contributed by atoms with Gasteiger partial charge in [0.05, 0.1) is 4.90 Å². The predicted octanol–water partition coefficient (Wildman–Crippen LogP) is 1.14. The number of halogens is 1. The molecule has 2 aliphatic heterocycles. The number of nitrogens with zero attached hydrogens (tertiary/aromatic N) is 3. The van der Waals surface area contributed by atoms with E-state index < -0.39 is 15.8 Å². The maximum Gasteiger partial charge on any atom is 0.243 e. The number of likely N-dealkylation sites (tertiary alicyclic amines) is 1. The molecule has 0 aromatic heterocycles. The molecule has 25 heavy (non-hydrogen) atoms. The van der Waals surface area contributed by atoms with E-state index in [4.69, 9.17) is 0 Å². The first-order valence-corrected chi connectivity index (χ1v) is 9.90. The minimum atomic E-state index is -3.75. The van der Waals surface area contributed by atoms with Gasteiger partial charge >= 0.3 is 0 Å². The molecule has 1 aromatic rings. The van der Waals surface area contributed by atoms with Gasteiger partial charge in [0.15, 0.2) is 0 Å². The van der Waals surface area contributed by atoms with E-state index in [0.717, 1.165) is 12.5 Å². The van der Waals surface area contributed by atoms with Crippen LogP contribution >= 0.6 is 0 Å². The number of piperazine rings is 1. The molecule has 2 saturated heterocycles. The number of rotatable bonds is 2. The average molecular weight is 369 g/mol. The number of hydrogen-bond donors (Lipinski definition) is 0. The fourth-order valence-corrected chi connectivity index (χ4v) is 5.25. The summed E-state index contributed by atoms with van der Waals surface area (Å²) in [5.74, 6) is -0.470. The van der Waals surface area contributed by atoms with Gasteiger partial charge in [0.25, 0.3) is 0 Å². The number of carbonyl (C=O) groups is 1. The monoisotopic (exact) mass is 369 g/mol. The van der Waals surface area contributed by atoms with Gasteiger partial charge in [0, 0.05) is 45.2 Å². The molecule has 1 unspecified atom stereocenters. The van der Waals surface area contributed by atoms with Crippen LogP contribution in [0.2, 0.25) is 0 Å². The lowest BCUT2D eigenvalue weighted by Gasteiger charge is -2.48. The Morgan fingerprint density at radius 1 is 1.12 bits per heavy atom. The van der Waals surface area contributed by atoms with Crippen LogP contribution in [-0.2, 0) is 14.8 Å². The fraction of sp³-hybridized carbons (Fsp3) is 0.588. The second-order valence-corrected chi connectivity index (χ2v) is 8.95. The molecule has 0 aliphatic carbocycles. The highest BCUT2D eigenvalue weighted by Crippen LogP contribution is 2.34. The molecule has 1 spiro atoms. The van der Waals surface area contributed by atoms with Gasteiger partial charge in [-0.25, -0.2) is 12.8 Å². The van der Waals surface area contributed by atoms with Crippen molar-refractivity contribution in [2.24, 2.45) is 0 Å². The Morgan fingerprint density at radius 3 is 2.60 bits per heavy atom. The predicted molar refractivity (Wildman–Crippen MR) is 92.0 cm³/mol. The van der Waals surface area contributed by atoms with E-state index in [-0.39, 0.29) is 16.3 Å². The Balaban J connectivity index is 1.88. The van der Waals surface area contributed by atoms with Crippen LogP contribution in [0.4, 0.5) is 4.39 Å². The van der Waals surface area contributed by atoms with Gasteiger partial charge in [0.1, 0.15) is 5.82 Å². The van der Waals surface area contributed by atoms with E-state index in [1.165, 1.54) is 22.5 Å². The Labute approximate surface area is 148 Å². The lowest BCUT2D eigenvalue weighted by Crippen LogP contribution is -2.62. The molecule has 138 valence electrons. The van der Waals surface area contributed by atoms with E-state index in [2.05, 4.69) is 4.90 Å². The summed E-state index contributed by atoms with van der Waals surface area (Å²) in [5, 5.41) is 0. The van der Waals surface area contributed by atoms with Gasteiger partial charge in [-0.2, -0.15) is 4.31 Å². The van der Waals surface area contributed by atoms with Crippen LogP contribution in [0.1, 0.15) is 19.3 Å². The molecule has 6 nitrogen and oxygen atoms in total. The Bertz CT molecular complexity index is 770. The molecule has 0 N–H and O–H groups in total. The van der Waals surface area contributed by atoms with Crippen LogP contribution < -0.4 is 0 Å². The first-order chi connectivity index (χ1) is 11.7. The summed E-state index contributed by atoms with van der Waals surface area (Å²) in [6.07, 6.45) is 1.76. The van der Waals surface area contributed by atoms with Crippen molar-refractivity contribution in [3.8, 4) is 0 Å². The Hall–Kier alpha value is -1.51. The molecule has 2 fully saturated rings. The van der Waals surface area contributed by atoms with Gasteiger partial charge in [0.2, 0.25) is 15.9 Å². The number of amides is 1. The van der Waals surface area contributed by atoms with Gasteiger partial charge in [-0.1, -0.05) is 6.07 Å². The summed E-state index contributed by atoms with van der Waals surface area (Å²) in [6, 6.07) is 5.13. The summed E-state index contributed by atoms with van der Waals surface area (Å²) in [5.41, 5.74) is -0.362. The van der Waals surface area contributed by atoms with Crippen molar-refractivity contribution in [3.05, 3.63) is 30.1 Å². The second-order valence-electron chi connectivity index (χ2n) is 7.01. The summed E-state index contributed by atoms with van der Waals surface area (Å²) in [7, 11) is 0.0171. The molecular formula is C17H24FN3O3S. The van der Waals surface area contributed by atoms with Crippen LogP contribution in [0.15, 0.2) is 29.2 Å². The molecule has 2 heterocycles. The number of carbonyl (C=O) groups excluding carboxylic acids is 1. The Morgan fingerprint density at radius 2 is 1.88 bits per heavy atom. The molecule has 2 aliphatic rings. The second kappa shape index (κ2) is 6.66. The molecule has 0 radical (unpaired) electrons. The lowest BCUT2D eigenvalue weighted by atomic mass is 9.87. The maximum absolute atomic E-state index is 13.5. The number of sulfonamides is 1. The SMILES string of the molecule is CN1CCC2(CCC1=O)CN(S(=O)(=O)c1cccc(F)c1)CCN2C. The lowest BCUT2D eigenvalue weighted by molar-refractivity contribution is -0.129. The third kappa shape index (κ3) is 3.43. The molecule has 3 rings (SSSR count). The number of likely N-dealkylation sites (N-methyl/N-ethyl adjacent to an activating group) is 1. The standard InChI is InChI=1S/C17H24FN3O3S/c1-19-9-8-17(7-6-16(19)22)13-21(11-10-20(17)2)25(23,24)15-5-3-4-14(18)12-15/h3-5,12H,6-11,13H2,1-2H3. The van der Waals surface area contributed by atoms with Crippen LogP contribution in [0.25, 0.3) is 0 Å². The van der Waals surface area contributed by atoms with Crippen molar-refractivity contribution in [2.75, 3.05) is 40.3 Å². The van der Waals surface area contributed by atoms with Crippen molar-refractivity contribution in [1.82, 2.24) is 14.1 Å². The molecule has 1 amide bonds. The van der Waals surface area contributed by atoms with Crippen LogP contribution in [0.3, 0.4) is 0 Å². The van der Waals surface area contributed by atoms with Crippen LogP contribution in [0.5, 0.6) is 0 Å². The van der Waals surface area contributed by atoms with Gasteiger partial charge in [-0.15, -0.1) is 0 Å². The highest BCUT2D eigenvalue weighted by atomic mass is 32.2. The summed E-state index contributed by atoms with van der Waals surface area (Å²) >= 11 is 0. The zero-order valence-corrected chi connectivity index (χ0v) is 15.4. The summed E-state index contributed by atoms with van der Waals surface area (Å²) < 4.78 is 40.8. The van der Waals surface area contributed by atoms with Crippen molar-refractivity contribution >= 4 is 15.9 Å². The van der Waals surface area contributed by atoms with Crippen LogP contribution in [0, 0.1) is 5.82 Å². The minimum Gasteiger partial charge on any atom is -0.346 e. The first kappa shape index (κ1) is 18.3. The van der Waals surface area contributed by atoms with Gasteiger partial charge < -0.3 is 4.90 Å². The average Bonchev–Trinajstić information content (AvgIpc) is 2.72. The van der Waals surface area contributed by atoms with Crippen molar-refractivity contribution in [1.29, 1.82) is 0 Å². The molecule has 1 aromatic carbocycles. The maximum atomic E-state index is 13.5. The normalized spacial score (nSPS) is 26.8. The van der Waals surface area contributed by atoms with E-state index in [9.17, 15) is 17.6 Å². The largest absolute Gasteiger partial charge is 0.346 e. The van der Waals surface area contributed by atoms with Gasteiger partial charge in [-0.05, 0) is 38.1 Å². The third-order valence-electron chi connectivity index (χ3n) is 5.54. The topological polar surface area (TPSA) is 60.9 Å². The smallest absolute Gasteiger partial charge is 0.243 e. The fourth-order valence-electron chi connectivity index (χ4n) is 3.70. The van der Waals surface area contributed by atoms with E-state index in [0.29, 0.717) is 39.0 Å². The quantitative estimate of drug-likeness (QED) is 0.785. The summed E-state index contributed by atoms with van der Waals surface area (Å²) in [6.45, 7) is 1.88. The summed E-state index contributed by atoms with van der Waals surface area (Å²) in [4.78, 5) is 15.9. The molecule has 1 atom stereocenters. The van der Waals surface area contributed by atoms with Crippen molar-refractivity contribution in [3.63, 3.8) is 0 Å². The minimum absolute atomic E-state index is 0.0194. The molecule has 0 bridgehead atoms. The zero-order chi connectivity index (χ0) is 18.2. The third-order valence-corrected chi connectivity index (χ3v) is 7.38. The zero-order valence-electron chi connectivity index (χ0n) is 14.6. The molecular weight excluding hydrogens is 345 g/mol. The highest BCUT2D eigenvalue weighted by Gasteiger charge is 2.44. The molecule has 8 heteroatoms. The highest BCUT2D eigenvalue weighted by molar-refractivity contribution is 7.89. The number of benzene rings is 1. The first-order valence-electron chi connectivity index (χ1n) is 8.46. The number of hydrogen-bond acceptors (Lipinski definition) is 4. The van der Waals surface area contributed by atoms with Crippen molar-refractivity contribution < 1.29 is 17.6 Å². The van der Waals surface area contributed by atoms with E-state index >= 15 is 0 Å². The molecule has 0 saturated carbocycles. The van der Waals surface area contributed by atoms with E-state index in [1.54, 1.807) is 11.9 Å².